The van der Waals surface area contributed by atoms with Gasteiger partial charge >= 0.3 is 24.1 Å². The van der Waals surface area contributed by atoms with Gasteiger partial charge in [-0.25, -0.2) is 9.18 Å². The highest BCUT2D eigenvalue weighted by atomic mass is 79.9. The summed E-state index contributed by atoms with van der Waals surface area (Å²) in [7, 11) is 0. The van der Waals surface area contributed by atoms with Crippen molar-refractivity contribution in [3.63, 3.8) is 0 Å². The highest BCUT2D eigenvalue weighted by Gasteiger charge is 2.73. The Hall–Kier alpha value is -2.51. The third-order valence-corrected chi connectivity index (χ3v) is 6.32. The lowest BCUT2D eigenvalue weighted by Crippen LogP contribution is -2.50. The van der Waals surface area contributed by atoms with Crippen LogP contribution in [0.1, 0.15) is 37.5 Å². The van der Waals surface area contributed by atoms with Gasteiger partial charge < -0.3 is 20.8 Å². The molecule has 3 N–H and O–H groups in total. The monoisotopic (exact) mass is 665 g/mol. The van der Waals surface area contributed by atoms with Crippen LogP contribution in [0.5, 0.6) is 0 Å². The zero-order valence-corrected chi connectivity index (χ0v) is 23.4. The first-order valence-corrected chi connectivity index (χ1v) is 12.3. The van der Waals surface area contributed by atoms with Crippen molar-refractivity contribution >= 4 is 62.7 Å². The summed E-state index contributed by atoms with van der Waals surface area (Å²) in [6, 6.07) is 5.18. The van der Waals surface area contributed by atoms with E-state index in [9.17, 15) is 35.5 Å². The van der Waals surface area contributed by atoms with Crippen LogP contribution in [0.4, 0.5) is 41.2 Å². The van der Waals surface area contributed by atoms with E-state index in [1.807, 2.05) is 0 Å². The first kappa shape index (κ1) is 32.7. The van der Waals surface area contributed by atoms with Gasteiger partial charge in [0.25, 0.3) is 0 Å². The zero-order chi connectivity index (χ0) is 30.0. The van der Waals surface area contributed by atoms with E-state index < -0.39 is 45.3 Å². The number of anilines is 1. The Bertz CT molecular complexity index is 1240. The molecule has 0 aliphatic heterocycles. The molecule has 0 aliphatic carbocycles. The highest BCUT2D eigenvalue weighted by Crippen LogP contribution is 2.54. The van der Waals surface area contributed by atoms with Crippen molar-refractivity contribution in [2.24, 2.45) is 0 Å². The number of benzene rings is 2. The summed E-state index contributed by atoms with van der Waals surface area (Å²) < 4.78 is 98.8. The molecule has 0 aliphatic rings. The molecule has 2 aromatic carbocycles. The van der Waals surface area contributed by atoms with Crippen LogP contribution in [0.15, 0.2) is 41.0 Å². The summed E-state index contributed by atoms with van der Waals surface area (Å²) in [5, 5.41) is 11.4. The first-order chi connectivity index (χ1) is 17.7. The van der Waals surface area contributed by atoms with E-state index in [1.54, 1.807) is 39.0 Å². The average molecular weight is 667 g/mol. The van der Waals surface area contributed by atoms with Crippen LogP contribution in [0, 0.1) is 5.41 Å². The van der Waals surface area contributed by atoms with Crippen LogP contribution in [0.2, 0.25) is 10.0 Å². The van der Waals surface area contributed by atoms with Gasteiger partial charge in [0.05, 0.1) is 15.7 Å². The lowest BCUT2D eigenvalue weighted by atomic mass is 9.94. The molecule has 15 heteroatoms. The number of hydrogen-bond donors (Lipinski definition) is 3. The summed E-state index contributed by atoms with van der Waals surface area (Å²) in [5.74, 6) is 0. The number of ether oxygens (including phenoxy) is 1. The number of hydrogen-bond acceptors (Lipinski definition) is 4. The fraction of sp³-hybridized carbons (Fsp3) is 0.333. The summed E-state index contributed by atoms with van der Waals surface area (Å²) in [4.78, 5) is 12.0. The summed E-state index contributed by atoms with van der Waals surface area (Å²) >= 11 is 15.1. The molecule has 0 atom stereocenters. The zero-order valence-electron chi connectivity index (χ0n) is 20.3. The number of halogens is 10. The summed E-state index contributed by atoms with van der Waals surface area (Å²) in [6.45, 7) is 5.14. The number of amides is 1. The molecular formula is C24H21BrCl2F7N3O2. The number of alkyl carbamates (subject to hydrolysis) is 1. The lowest BCUT2D eigenvalue weighted by Gasteiger charge is -2.30. The van der Waals surface area contributed by atoms with Crippen molar-refractivity contribution in [3.8, 4) is 0 Å². The van der Waals surface area contributed by atoms with Gasteiger partial charge in [-0.1, -0.05) is 45.2 Å². The summed E-state index contributed by atoms with van der Waals surface area (Å²) in [6.07, 6.45) is -11.3. The minimum absolute atomic E-state index is 0.0462. The molecule has 0 radical (unpaired) electrons. The standard InChI is InChI=1S/C24H21BrCl2F7N3O2/c1-21(2,3)39-20(38)37-10-13-6-12(4-5-16(13)25)14(9-35)11-36-19-17(26)7-15(8-18(19)27)22(28,23(29,30)31)24(32,33)34/h4-9,11,35-36H,10H2,1-3H3,(H,37,38)/b14-11+,35-9?. The van der Waals surface area contributed by atoms with Crippen molar-refractivity contribution in [1.29, 1.82) is 5.41 Å². The van der Waals surface area contributed by atoms with Crippen molar-refractivity contribution in [2.45, 2.75) is 50.9 Å². The molecule has 0 bridgehead atoms. The van der Waals surface area contributed by atoms with Gasteiger partial charge in [-0.3, -0.25) is 0 Å². The van der Waals surface area contributed by atoms with Crippen molar-refractivity contribution < 1.29 is 40.3 Å². The Labute approximate surface area is 237 Å². The molecule has 1 amide bonds. The topological polar surface area (TPSA) is 74.2 Å². The third-order valence-electron chi connectivity index (χ3n) is 4.95. The Morgan fingerprint density at radius 2 is 1.54 bits per heavy atom. The Morgan fingerprint density at radius 1 is 1.00 bits per heavy atom. The molecule has 0 heterocycles. The van der Waals surface area contributed by atoms with Gasteiger partial charge in [0, 0.05) is 34.6 Å². The molecule has 5 nitrogen and oxygen atoms in total. The van der Waals surface area contributed by atoms with E-state index >= 15 is 0 Å². The van der Waals surface area contributed by atoms with E-state index in [2.05, 4.69) is 26.6 Å². The predicted octanol–water partition coefficient (Wildman–Crippen LogP) is 9.17. The van der Waals surface area contributed by atoms with Crippen molar-refractivity contribution in [3.05, 3.63) is 67.7 Å². The third kappa shape index (κ3) is 7.79. The number of rotatable bonds is 7. The number of carbonyl (C=O) groups is 1. The van der Waals surface area contributed by atoms with Gasteiger partial charge in [0.2, 0.25) is 0 Å². The molecule has 0 saturated carbocycles. The number of nitrogens with one attached hydrogen (secondary N) is 3. The van der Waals surface area contributed by atoms with Crippen LogP contribution in [-0.2, 0) is 17.0 Å². The van der Waals surface area contributed by atoms with Gasteiger partial charge in [-0.05, 0) is 56.2 Å². The minimum atomic E-state index is -6.34. The largest absolute Gasteiger partial charge is 0.444 e. The number of alkyl halides is 7. The van der Waals surface area contributed by atoms with Gasteiger partial charge in [0.15, 0.2) is 0 Å². The Kier molecular flexibility index (Phi) is 10.0. The van der Waals surface area contributed by atoms with E-state index in [0.29, 0.717) is 15.6 Å². The molecule has 214 valence electrons. The first-order valence-electron chi connectivity index (χ1n) is 10.8. The second-order valence-corrected chi connectivity index (χ2v) is 10.7. The fourth-order valence-corrected chi connectivity index (χ4v) is 4.11. The molecule has 0 spiro atoms. The fourth-order valence-electron chi connectivity index (χ4n) is 3.13. The van der Waals surface area contributed by atoms with Crippen LogP contribution in [0.3, 0.4) is 0 Å². The van der Waals surface area contributed by atoms with E-state index in [1.165, 1.54) is 6.20 Å². The molecule has 0 fully saturated rings. The van der Waals surface area contributed by atoms with Crippen LogP contribution in [-0.4, -0.2) is 30.3 Å². The van der Waals surface area contributed by atoms with Gasteiger partial charge in [0.1, 0.15) is 5.60 Å². The maximum Gasteiger partial charge on any atom is 0.435 e. The number of carbonyl (C=O) groups excluding carboxylic acids is 1. The average Bonchev–Trinajstić information content (AvgIpc) is 2.77. The highest BCUT2D eigenvalue weighted by molar-refractivity contribution is 9.10. The van der Waals surface area contributed by atoms with E-state index in [4.69, 9.17) is 33.3 Å². The SMILES string of the molecule is CC(C)(C)OC(=O)NCc1cc(/C(C=N)=C/Nc2c(Cl)cc(C(F)(C(F)(F)F)C(F)(F)F)cc2Cl)ccc1Br. The molecule has 2 rings (SSSR count). The second kappa shape index (κ2) is 11.9. The smallest absolute Gasteiger partial charge is 0.435 e. The normalized spacial score (nSPS) is 13.2. The molecule has 0 saturated heterocycles. The summed E-state index contributed by atoms with van der Waals surface area (Å²) in [5.41, 5.74) is -7.37. The van der Waals surface area contributed by atoms with Crippen LogP contribution in [0.25, 0.3) is 5.57 Å². The van der Waals surface area contributed by atoms with Gasteiger partial charge in [-0.2, -0.15) is 26.3 Å². The molecule has 0 unspecified atom stereocenters. The Morgan fingerprint density at radius 3 is 2.00 bits per heavy atom. The van der Waals surface area contributed by atoms with Crippen LogP contribution < -0.4 is 10.6 Å². The molecular weight excluding hydrogens is 646 g/mol. The molecule has 2 aromatic rings. The van der Waals surface area contributed by atoms with E-state index in [0.717, 1.165) is 6.21 Å². The predicted molar refractivity (Wildman–Crippen MR) is 139 cm³/mol. The molecule has 0 aromatic heterocycles. The maximum absolute atomic E-state index is 14.4. The Balaban J connectivity index is 2.37. The number of allylic oxidation sites excluding steroid dienone is 1. The van der Waals surface area contributed by atoms with Crippen molar-refractivity contribution in [2.75, 3.05) is 5.32 Å². The van der Waals surface area contributed by atoms with E-state index in [-0.39, 0.29) is 29.9 Å². The minimum Gasteiger partial charge on any atom is -0.444 e. The van der Waals surface area contributed by atoms with Crippen LogP contribution >= 0.6 is 39.1 Å². The van der Waals surface area contributed by atoms with Crippen molar-refractivity contribution in [1.82, 2.24) is 5.32 Å². The second-order valence-electron chi connectivity index (χ2n) is 9.02. The van der Waals surface area contributed by atoms with Gasteiger partial charge in [-0.15, -0.1) is 0 Å². The maximum atomic E-state index is 14.4. The quantitative estimate of drug-likeness (QED) is 0.204. The molecule has 39 heavy (non-hydrogen) atoms. The lowest BCUT2D eigenvalue weighted by molar-refractivity contribution is -0.348.